The SMILES string of the molecule is CB1OOC(C)C1(C)C.[B]1CCCC1. The van der Waals surface area contributed by atoms with Gasteiger partial charge in [-0.2, -0.15) is 0 Å². The third kappa shape index (κ3) is 3.03. The van der Waals surface area contributed by atoms with Crippen LogP contribution in [0.15, 0.2) is 0 Å². The third-order valence-corrected chi connectivity index (χ3v) is 3.51. The molecule has 0 N–H and O–H groups in total. The van der Waals surface area contributed by atoms with Crippen molar-refractivity contribution in [1.82, 2.24) is 0 Å². The van der Waals surface area contributed by atoms with Crippen LogP contribution in [0.1, 0.15) is 33.6 Å². The third-order valence-electron chi connectivity index (χ3n) is 3.51. The summed E-state index contributed by atoms with van der Waals surface area (Å²) < 4.78 is 0. The molecule has 2 rings (SSSR count). The predicted octanol–water partition coefficient (Wildman–Crippen LogP) is 3.06. The lowest BCUT2D eigenvalue weighted by Crippen LogP contribution is -2.25. The minimum Gasteiger partial charge on any atom is -0.304 e. The molecular formula is C10H21B2O2. The molecule has 79 valence electrons. The fraction of sp³-hybridized carbons (Fsp3) is 1.00. The van der Waals surface area contributed by atoms with E-state index in [-0.39, 0.29) is 18.3 Å². The lowest BCUT2D eigenvalue weighted by Gasteiger charge is -2.19. The predicted molar refractivity (Wildman–Crippen MR) is 61.9 cm³/mol. The van der Waals surface area contributed by atoms with Gasteiger partial charge in [-0.3, -0.25) is 0 Å². The Hall–Kier alpha value is 0.0499. The summed E-state index contributed by atoms with van der Waals surface area (Å²) in [6.45, 7) is 8.57. The highest BCUT2D eigenvalue weighted by molar-refractivity contribution is 6.54. The summed E-state index contributed by atoms with van der Waals surface area (Å²) in [7, 11) is 2.36. The summed E-state index contributed by atoms with van der Waals surface area (Å²) >= 11 is 0. The Morgan fingerprint density at radius 2 is 1.86 bits per heavy atom. The average Bonchev–Trinajstić information content (AvgIpc) is 2.75. The molecule has 2 nitrogen and oxygen atoms in total. The maximum atomic E-state index is 4.98. The van der Waals surface area contributed by atoms with E-state index in [1.54, 1.807) is 0 Å². The monoisotopic (exact) mass is 195 g/mol. The van der Waals surface area contributed by atoms with E-state index in [4.69, 9.17) is 9.69 Å². The van der Waals surface area contributed by atoms with E-state index in [9.17, 15) is 0 Å². The largest absolute Gasteiger partial charge is 0.345 e. The molecule has 0 aromatic heterocycles. The molecule has 2 saturated heterocycles. The van der Waals surface area contributed by atoms with Crippen LogP contribution in [0, 0.1) is 0 Å². The molecule has 1 radical (unpaired) electrons. The molecule has 0 aromatic carbocycles. The van der Waals surface area contributed by atoms with Gasteiger partial charge in [0.15, 0.2) is 0 Å². The normalized spacial score (nSPS) is 29.4. The number of hydrogen-bond acceptors (Lipinski definition) is 2. The van der Waals surface area contributed by atoms with Crippen molar-refractivity contribution in [3.8, 4) is 0 Å². The molecule has 1 atom stereocenters. The molecule has 0 amide bonds. The van der Waals surface area contributed by atoms with Crippen LogP contribution in [0.4, 0.5) is 0 Å². The van der Waals surface area contributed by atoms with Gasteiger partial charge in [0.05, 0.1) is 6.10 Å². The van der Waals surface area contributed by atoms with Crippen molar-refractivity contribution in [2.45, 2.75) is 64.5 Å². The van der Waals surface area contributed by atoms with E-state index >= 15 is 0 Å². The molecule has 0 aromatic rings. The Morgan fingerprint density at radius 3 is 2.00 bits per heavy atom. The van der Waals surface area contributed by atoms with Crippen molar-refractivity contribution >= 4 is 14.2 Å². The highest BCUT2D eigenvalue weighted by atomic mass is 17.2. The number of hydrogen-bond donors (Lipinski definition) is 0. The van der Waals surface area contributed by atoms with Crippen molar-refractivity contribution in [2.24, 2.45) is 0 Å². The molecule has 0 spiro atoms. The van der Waals surface area contributed by atoms with Crippen LogP contribution in [0.25, 0.3) is 0 Å². The lowest BCUT2D eigenvalue weighted by molar-refractivity contribution is -0.221. The second kappa shape index (κ2) is 5.22. The Labute approximate surface area is 89.0 Å². The second-order valence-corrected chi connectivity index (χ2v) is 4.87. The Kier molecular flexibility index (Phi) is 4.52. The fourth-order valence-electron chi connectivity index (χ4n) is 1.47. The molecule has 0 saturated carbocycles. The minimum absolute atomic E-state index is 0.167. The van der Waals surface area contributed by atoms with Crippen LogP contribution in [0.2, 0.25) is 24.8 Å². The van der Waals surface area contributed by atoms with Gasteiger partial charge in [0.1, 0.15) is 7.28 Å². The molecule has 2 aliphatic heterocycles. The van der Waals surface area contributed by atoms with E-state index < -0.39 is 0 Å². The van der Waals surface area contributed by atoms with Gasteiger partial charge in [0.2, 0.25) is 0 Å². The smallest absolute Gasteiger partial charge is 0.304 e. The fourth-order valence-corrected chi connectivity index (χ4v) is 1.47. The first-order valence-electron chi connectivity index (χ1n) is 5.69. The van der Waals surface area contributed by atoms with Gasteiger partial charge in [-0.25, -0.2) is 4.89 Å². The minimum atomic E-state index is 0.167. The molecule has 2 aliphatic rings. The molecular weight excluding hydrogens is 174 g/mol. The van der Waals surface area contributed by atoms with Gasteiger partial charge in [0.25, 0.3) is 0 Å². The van der Waals surface area contributed by atoms with Crippen molar-refractivity contribution in [3.05, 3.63) is 0 Å². The van der Waals surface area contributed by atoms with E-state index in [1.165, 1.54) is 25.5 Å². The zero-order chi connectivity index (χ0) is 10.6. The Morgan fingerprint density at radius 1 is 1.29 bits per heavy atom. The highest BCUT2D eigenvalue weighted by Gasteiger charge is 2.44. The highest BCUT2D eigenvalue weighted by Crippen LogP contribution is 2.40. The summed E-state index contributed by atoms with van der Waals surface area (Å²) in [6.07, 6.45) is 5.85. The van der Waals surface area contributed by atoms with Gasteiger partial charge in [-0.15, -0.1) is 0 Å². The Balaban J connectivity index is 0.000000165. The summed E-state index contributed by atoms with van der Waals surface area (Å²) in [5, 5.41) is 0.167. The molecule has 2 fully saturated rings. The van der Waals surface area contributed by atoms with Gasteiger partial charge in [-0.1, -0.05) is 46.2 Å². The Bertz CT molecular complexity index is 150. The molecule has 2 heterocycles. The maximum absolute atomic E-state index is 4.98. The van der Waals surface area contributed by atoms with E-state index in [1.807, 2.05) is 13.7 Å². The van der Waals surface area contributed by atoms with Crippen LogP contribution in [0.3, 0.4) is 0 Å². The van der Waals surface area contributed by atoms with Crippen LogP contribution in [0.5, 0.6) is 0 Å². The molecule has 0 bridgehead atoms. The van der Waals surface area contributed by atoms with E-state index in [0.717, 1.165) is 0 Å². The van der Waals surface area contributed by atoms with Gasteiger partial charge in [-0.05, 0) is 6.92 Å². The first-order valence-corrected chi connectivity index (χ1v) is 5.69. The van der Waals surface area contributed by atoms with Gasteiger partial charge in [0, 0.05) is 5.31 Å². The summed E-state index contributed by atoms with van der Waals surface area (Å²) in [5.41, 5.74) is 0. The first kappa shape index (κ1) is 12.1. The van der Waals surface area contributed by atoms with Crippen LogP contribution in [-0.2, 0) is 9.69 Å². The summed E-state index contributed by atoms with van der Waals surface area (Å²) in [4.78, 5) is 9.96. The zero-order valence-electron chi connectivity index (χ0n) is 9.88. The van der Waals surface area contributed by atoms with E-state index in [0.29, 0.717) is 0 Å². The van der Waals surface area contributed by atoms with Crippen molar-refractivity contribution in [3.63, 3.8) is 0 Å². The quantitative estimate of drug-likeness (QED) is 0.436. The molecule has 4 heteroatoms. The van der Waals surface area contributed by atoms with Gasteiger partial charge < -0.3 is 4.81 Å². The van der Waals surface area contributed by atoms with E-state index in [2.05, 4.69) is 21.1 Å². The maximum Gasteiger partial charge on any atom is 0.345 e. The van der Waals surface area contributed by atoms with Crippen LogP contribution in [-0.4, -0.2) is 20.3 Å². The van der Waals surface area contributed by atoms with Crippen LogP contribution < -0.4 is 0 Å². The molecule has 1 unspecified atom stereocenters. The topological polar surface area (TPSA) is 18.5 Å². The molecule has 0 aliphatic carbocycles. The van der Waals surface area contributed by atoms with Crippen molar-refractivity contribution < 1.29 is 9.69 Å². The molecule has 14 heavy (non-hydrogen) atoms. The summed E-state index contributed by atoms with van der Waals surface area (Å²) in [5.74, 6) is 0. The average molecular weight is 195 g/mol. The number of rotatable bonds is 0. The van der Waals surface area contributed by atoms with Crippen LogP contribution >= 0.6 is 0 Å². The lowest BCUT2D eigenvalue weighted by atomic mass is 9.48. The van der Waals surface area contributed by atoms with Gasteiger partial charge >= 0.3 is 6.92 Å². The summed E-state index contributed by atoms with van der Waals surface area (Å²) in [6, 6.07) is 0. The first-order chi connectivity index (χ1) is 6.55. The second-order valence-electron chi connectivity index (χ2n) is 4.87. The zero-order valence-corrected chi connectivity index (χ0v) is 9.88. The van der Waals surface area contributed by atoms with Crippen molar-refractivity contribution in [2.75, 3.05) is 0 Å². The van der Waals surface area contributed by atoms with Crippen molar-refractivity contribution in [1.29, 1.82) is 0 Å². The standard InChI is InChI=1S/C6H13BO2.C4H8B/c1-5-6(2,3)7(4)9-8-5;1-2-4-5-3-1/h5H,1-4H3;1-4H2.